The maximum absolute atomic E-state index is 7.14. The fraction of sp³-hybridized carbons (Fsp3) is 0.462. The highest BCUT2D eigenvalue weighted by Gasteiger charge is 2.08. The third-order valence-electron chi connectivity index (χ3n) is 2.46. The Bertz CT molecular complexity index is 356. The average molecular weight is 187 g/mol. The van der Waals surface area contributed by atoms with Crippen LogP contribution in [0.3, 0.4) is 0 Å². The van der Waals surface area contributed by atoms with Crippen LogP contribution in [0.2, 0.25) is 0 Å². The molecule has 0 heterocycles. The van der Waals surface area contributed by atoms with Gasteiger partial charge in [0.1, 0.15) is 0 Å². The Hall–Kier alpha value is -1.29. The predicted molar refractivity (Wildman–Crippen MR) is 60.9 cm³/mol. The molecule has 0 atom stereocenters. The van der Waals surface area contributed by atoms with Crippen LogP contribution in [0.5, 0.6) is 0 Å². The summed E-state index contributed by atoms with van der Waals surface area (Å²) in [6.45, 7) is 15.7. The maximum atomic E-state index is 7.14. The van der Waals surface area contributed by atoms with E-state index in [1.807, 2.05) is 6.07 Å². The standard InChI is InChI=1S/C13H17N/c1-9(2)11-6-7-12(10(3)4)13(8-11)14-5/h6-10H,1-4H3. The van der Waals surface area contributed by atoms with Crippen molar-refractivity contribution in [3.8, 4) is 0 Å². The van der Waals surface area contributed by atoms with E-state index >= 15 is 0 Å². The first-order chi connectivity index (χ1) is 6.56. The van der Waals surface area contributed by atoms with Crippen molar-refractivity contribution < 1.29 is 0 Å². The molecule has 0 aliphatic heterocycles. The zero-order chi connectivity index (χ0) is 10.7. The summed E-state index contributed by atoms with van der Waals surface area (Å²) < 4.78 is 0. The summed E-state index contributed by atoms with van der Waals surface area (Å²) in [6.07, 6.45) is 0. The van der Waals surface area contributed by atoms with Crippen LogP contribution < -0.4 is 0 Å². The molecule has 1 nitrogen and oxygen atoms in total. The van der Waals surface area contributed by atoms with E-state index in [1.54, 1.807) is 0 Å². The summed E-state index contributed by atoms with van der Waals surface area (Å²) in [6, 6.07) is 6.25. The zero-order valence-corrected chi connectivity index (χ0v) is 9.33. The average Bonchev–Trinajstić information content (AvgIpc) is 2.16. The molecule has 0 unspecified atom stereocenters. The van der Waals surface area contributed by atoms with Crippen LogP contribution in [0.4, 0.5) is 5.69 Å². The van der Waals surface area contributed by atoms with E-state index in [4.69, 9.17) is 6.57 Å². The van der Waals surface area contributed by atoms with E-state index in [1.165, 1.54) is 5.56 Å². The lowest BCUT2D eigenvalue weighted by molar-refractivity contribution is 0.849. The minimum absolute atomic E-state index is 0.431. The second-order valence-electron chi connectivity index (χ2n) is 4.24. The Morgan fingerprint density at radius 2 is 1.71 bits per heavy atom. The molecule has 0 radical (unpaired) electrons. The van der Waals surface area contributed by atoms with Gasteiger partial charge in [-0.15, -0.1) is 0 Å². The predicted octanol–water partition coefficient (Wildman–Crippen LogP) is 4.48. The van der Waals surface area contributed by atoms with Crippen molar-refractivity contribution >= 4 is 5.69 Å². The highest BCUT2D eigenvalue weighted by molar-refractivity contribution is 5.56. The highest BCUT2D eigenvalue weighted by atomic mass is 14.6. The molecule has 1 heteroatoms. The number of hydrogen-bond donors (Lipinski definition) is 0. The van der Waals surface area contributed by atoms with Gasteiger partial charge in [-0.3, -0.25) is 0 Å². The Morgan fingerprint density at radius 3 is 2.14 bits per heavy atom. The fourth-order valence-electron chi connectivity index (χ4n) is 1.50. The Labute approximate surface area is 86.6 Å². The molecule has 1 aromatic rings. The molecule has 0 saturated heterocycles. The molecule has 0 spiro atoms. The molecule has 0 saturated carbocycles. The van der Waals surface area contributed by atoms with E-state index in [-0.39, 0.29) is 0 Å². The molecular weight excluding hydrogens is 170 g/mol. The minimum Gasteiger partial charge on any atom is -0.238 e. The van der Waals surface area contributed by atoms with Gasteiger partial charge in [0.25, 0.3) is 0 Å². The van der Waals surface area contributed by atoms with Gasteiger partial charge >= 0.3 is 0 Å². The molecule has 0 N–H and O–H groups in total. The number of hydrogen-bond acceptors (Lipinski definition) is 0. The van der Waals surface area contributed by atoms with Crippen molar-refractivity contribution in [1.29, 1.82) is 0 Å². The maximum Gasteiger partial charge on any atom is 0.190 e. The van der Waals surface area contributed by atoms with Gasteiger partial charge in [0.05, 0.1) is 6.57 Å². The number of rotatable bonds is 2. The number of benzene rings is 1. The Morgan fingerprint density at radius 1 is 1.07 bits per heavy atom. The Balaban J connectivity index is 3.20. The van der Waals surface area contributed by atoms with Crippen LogP contribution in [-0.2, 0) is 0 Å². The van der Waals surface area contributed by atoms with Crippen molar-refractivity contribution in [2.75, 3.05) is 0 Å². The van der Waals surface area contributed by atoms with Crippen LogP contribution >= 0.6 is 0 Å². The second-order valence-corrected chi connectivity index (χ2v) is 4.24. The highest BCUT2D eigenvalue weighted by Crippen LogP contribution is 2.30. The van der Waals surface area contributed by atoms with Crippen LogP contribution in [0.15, 0.2) is 18.2 Å². The van der Waals surface area contributed by atoms with E-state index in [9.17, 15) is 0 Å². The van der Waals surface area contributed by atoms with E-state index < -0.39 is 0 Å². The number of nitrogens with zero attached hydrogens (tertiary/aromatic N) is 1. The normalized spacial score (nSPS) is 10.6. The molecule has 1 aromatic carbocycles. The first-order valence-corrected chi connectivity index (χ1v) is 5.07. The van der Waals surface area contributed by atoms with Gasteiger partial charge < -0.3 is 0 Å². The lowest BCUT2D eigenvalue weighted by atomic mass is 9.95. The van der Waals surface area contributed by atoms with Crippen LogP contribution in [0, 0.1) is 6.57 Å². The van der Waals surface area contributed by atoms with Gasteiger partial charge in [-0.2, -0.15) is 0 Å². The summed E-state index contributed by atoms with van der Waals surface area (Å²) in [4.78, 5) is 3.58. The van der Waals surface area contributed by atoms with Gasteiger partial charge in [-0.25, -0.2) is 4.85 Å². The smallest absolute Gasteiger partial charge is 0.190 e. The Kier molecular flexibility index (Phi) is 3.30. The third-order valence-corrected chi connectivity index (χ3v) is 2.46. The summed E-state index contributed by atoms with van der Waals surface area (Å²) in [5, 5.41) is 0. The summed E-state index contributed by atoms with van der Waals surface area (Å²) >= 11 is 0. The quantitative estimate of drug-likeness (QED) is 0.601. The summed E-state index contributed by atoms with van der Waals surface area (Å²) in [7, 11) is 0. The largest absolute Gasteiger partial charge is 0.238 e. The molecular formula is C13H17N. The van der Waals surface area contributed by atoms with Gasteiger partial charge in [0, 0.05) is 0 Å². The van der Waals surface area contributed by atoms with Gasteiger partial charge in [0.2, 0.25) is 0 Å². The minimum atomic E-state index is 0.431. The molecule has 0 fully saturated rings. The molecule has 74 valence electrons. The molecule has 0 aliphatic rings. The van der Waals surface area contributed by atoms with Crippen LogP contribution in [-0.4, -0.2) is 0 Å². The van der Waals surface area contributed by atoms with Gasteiger partial charge in [-0.05, 0) is 17.4 Å². The van der Waals surface area contributed by atoms with Crippen LogP contribution in [0.1, 0.15) is 50.7 Å². The van der Waals surface area contributed by atoms with E-state index in [0.717, 1.165) is 11.3 Å². The molecule has 0 aliphatic carbocycles. The molecule has 0 bridgehead atoms. The SMILES string of the molecule is [C-]#[N+]c1cc(C(C)C)ccc1C(C)C. The molecule has 14 heavy (non-hydrogen) atoms. The van der Waals surface area contributed by atoms with Crippen LogP contribution in [0.25, 0.3) is 4.85 Å². The summed E-state index contributed by atoms with van der Waals surface area (Å²) in [5.74, 6) is 0.928. The van der Waals surface area contributed by atoms with Crippen molar-refractivity contribution in [3.05, 3.63) is 40.7 Å². The monoisotopic (exact) mass is 187 g/mol. The fourth-order valence-corrected chi connectivity index (χ4v) is 1.50. The van der Waals surface area contributed by atoms with Gasteiger partial charge in [0.15, 0.2) is 5.69 Å². The first kappa shape index (κ1) is 10.8. The second kappa shape index (κ2) is 4.28. The lowest BCUT2D eigenvalue weighted by Gasteiger charge is -2.11. The van der Waals surface area contributed by atoms with E-state index in [0.29, 0.717) is 11.8 Å². The van der Waals surface area contributed by atoms with Crippen molar-refractivity contribution in [3.63, 3.8) is 0 Å². The van der Waals surface area contributed by atoms with E-state index in [2.05, 4.69) is 44.7 Å². The summed E-state index contributed by atoms with van der Waals surface area (Å²) in [5.41, 5.74) is 3.22. The molecule has 1 rings (SSSR count). The zero-order valence-electron chi connectivity index (χ0n) is 9.33. The third kappa shape index (κ3) is 2.14. The van der Waals surface area contributed by atoms with Crippen molar-refractivity contribution in [1.82, 2.24) is 0 Å². The topological polar surface area (TPSA) is 4.36 Å². The molecule has 0 amide bonds. The molecule has 0 aromatic heterocycles. The first-order valence-electron chi connectivity index (χ1n) is 5.07. The van der Waals surface area contributed by atoms with Crippen molar-refractivity contribution in [2.24, 2.45) is 0 Å². The van der Waals surface area contributed by atoms with Crippen molar-refractivity contribution in [2.45, 2.75) is 39.5 Å². The van der Waals surface area contributed by atoms with Gasteiger partial charge in [-0.1, -0.05) is 51.5 Å². The lowest BCUT2D eigenvalue weighted by Crippen LogP contribution is -1.91.